The molecule has 1 atom stereocenters. The van der Waals surface area contributed by atoms with E-state index in [0.717, 1.165) is 36.5 Å². The molecule has 1 N–H and O–H groups in total. The fraction of sp³-hybridized carbons (Fsp3) is 0.391. The van der Waals surface area contributed by atoms with E-state index in [9.17, 15) is 9.59 Å². The van der Waals surface area contributed by atoms with Crippen LogP contribution in [0, 0.1) is 6.92 Å². The van der Waals surface area contributed by atoms with Gasteiger partial charge in [0, 0.05) is 23.8 Å². The van der Waals surface area contributed by atoms with E-state index in [2.05, 4.69) is 5.32 Å². The molecule has 1 aliphatic heterocycles. The van der Waals surface area contributed by atoms with Crippen LogP contribution in [0.2, 0.25) is 0 Å². The first kappa shape index (κ1) is 21.4. The van der Waals surface area contributed by atoms with E-state index in [-0.39, 0.29) is 18.6 Å². The van der Waals surface area contributed by atoms with Gasteiger partial charge in [-0.1, -0.05) is 36.4 Å². The van der Waals surface area contributed by atoms with Gasteiger partial charge in [-0.05, 0) is 49.4 Å². The maximum absolute atomic E-state index is 12.5. The lowest BCUT2D eigenvalue weighted by Gasteiger charge is -2.12. The maximum atomic E-state index is 12.5. The van der Waals surface area contributed by atoms with Gasteiger partial charge < -0.3 is 14.8 Å². The lowest BCUT2D eigenvalue weighted by atomic mass is 10.1. The van der Waals surface area contributed by atoms with Gasteiger partial charge in [-0.2, -0.15) is 0 Å². The molecule has 0 saturated carbocycles. The Labute approximate surface area is 176 Å². The van der Waals surface area contributed by atoms with Crippen molar-refractivity contribution in [2.75, 3.05) is 25.5 Å². The second-order valence-electron chi connectivity index (χ2n) is 7.04. The normalized spacial score (nSPS) is 15.8. The number of hydrogen-bond donors (Lipinski definition) is 1. The van der Waals surface area contributed by atoms with Crippen LogP contribution in [0.15, 0.2) is 53.4 Å². The van der Waals surface area contributed by atoms with Crippen molar-refractivity contribution < 1.29 is 19.1 Å². The van der Waals surface area contributed by atoms with Crippen LogP contribution < -0.4 is 5.32 Å². The summed E-state index contributed by atoms with van der Waals surface area (Å²) in [4.78, 5) is 25.3. The molecule has 0 aromatic heterocycles. The van der Waals surface area contributed by atoms with Gasteiger partial charge >= 0.3 is 5.97 Å². The van der Waals surface area contributed by atoms with Crippen molar-refractivity contribution in [2.24, 2.45) is 0 Å². The number of carbonyl (C=O) groups excluding carboxylic acids is 2. The monoisotopic (exact) mass is 413 g/mol. The molecule has 1 heterocycles. The number of hydrogen-bond acceptors (Lipinski definition) is 5. The van der Waals surface area contributed by atoms with Gasteiger partial charge in [0.2, 0.25) is 0 Å². The van der Waals surface area contributed by atoms with E-state index in [0.29, 0.717) is 12.1 Å². The summed E-state index contributed by atoms with van der Waals surface area (Å²) in [6, 6.07) is 15.4. The summed E-state index contributed by atoms with van der Waals surface area (Å²) >= 11 is 1.59. The number of carbonyl (C=O) groups is 2. The third kappa shape index (κ3) is 6.61. The number of rotatable bonds is 9. The smallest absolute Gasteiger partial charge is 0.339 e. The summed E-state index contributed by atoms with van der Waals surface area (Å²) < 4.78 is 10.9. The molecule has 3 rings (SSSR count). The van der Waals surface area contributed by atoms with E-state index in [1.165, 1.54) is 11.1 Å². The molecule has 2 aromatic rings. The Morgan fingerprint density at radius 3 is 2.76 bits per heavy atom. The molecule has 5 nitrogen and oxygen atoms in total. The molecule has 154 valence electrons. The van der Waals surface area contributed by atoms with E-state index >= 15 is 0 Å². The van der Waals surface area contributed by atoms with Crippen molar-refractivity contribution in [3.63, 3.8) is 0 Å². The number of aryl methyl sites for hydroxylation is 1. The van der Waals surface area contributed by atoms with Gasteiger partial charge in [0.25, 0.3) is 5.91 Å². The Hall–Kier alpha value is -2.31. The van der Waals surface area contributed by atoms with Crippen LogP contribution >= 0.6 is 11.8 Å². The molecular weight excluding hydrogens is 386 g/mol. The van der Waals surface area contributed by atoms with E-state index < -0.39 is 5.97 Å². The van der Waals surface area contributed by atoms with Gasteiger partial charge in [0.15, 0.2) is 6.61 Å². The summed E-state index contributed by atoms with van der Waals surface area (Å²) in [5.41, 5.74) is 2.88. The second kappa shape index (κ2) is 11.0. The average molecular weight is 414 g/mol. The molecular formula is C23H27NO4S. The zero-order valence-corrected chi connectivity index (χ0v) is 17.5. The van der Waals surface area contributed by atoms with Gasteiger partial charge in [-0.3, -0.25) is 4.79 Å². The molecule has 0 spiro atoms. The molecule has 6 heteroatoms. The van der Waals surface area contributed by atoms with Crippen LogP contribution in [-0.4, -0.2) is 43.5 Å². The fourth-order valence-electron chi connectivity index (χ4n) is 3.21. The van der Waals surface area contributed by atoms with Gasteiger partial charge in [0.05, 0.1) is 11.7 Å². The Bertz CT molecular complexity index is 833. The predicted octanol–water partition coefficient (Wildman–Crippen LogP) is 3.78. The van der Waals surface area contributed by atoms with Crippen molar-refractivity contribution in [3.8, 4) is 0 Å². The summed E-state index contributed by atoms with van der Waals surface area (Å²) in [5, 5.41) is 2.80. The van der Waals surface area contributed by atoms with E-state index in [1.807, 2.05) is 43.3 Å². The average Bonchev–Trinajstić information content (AvgIpc) is 3.26. The predicted molar refractivity (Wildman–Crippen MR) is 114 cm³/mol. The molecule has 0 radical (unpaired) electrons. The van der Waals surface area contributed by atoms with Crippen LogP contribution in [0.25, 0.3) is 0 Å². The number of ether oxygens (including phenoxy) is 2. The van der Waals surface area contributed by atoms with Gasteiger partial charge in [-0.25, -0.2) is 4.79 Å². The first-order valence-electron chi connectivity index (χ1n) is 9.95. The third-order valence-electron chi connectivity index (χ3n) is 4.87. The lowest BCUT2D eigenvalue weighted by Crippen LogP contribution is -2.30. The fourth-order valence-corrected chi connectivity index (χ4v) is 4.32. The Morgan fingerprint density at radius 1 is 1.17 bits per heavy atom. The van der Waals surface area contributed by atoms with Crippen LogP contribution in [-0.2, 0) is 20.7 Å². The Kier molecular flexibility index (Phi) is 8.14. The minimum Gasteiger partial charge on any atom is -0.452 e. The first-order valence-corrected chi connectivity index (χ1v) is 10.9. The molecule has 0 unspecified atom stereocenters. The lowest BCUT2D eigenvalue weighted by molar-refractivity contribution is -0.124. The van der Waals surface area contributed by atoms with E-state index in [4.69, 9.17) is 9.47 Å². The zero-order chi connectivity index (χ0) is 20.5. The SMILES string of the molecule is Cc1ccccc1CCNC(=O)COC(=O)c1ccccc1SC[C@@H]1CCCO1. The summed E-state index contributed by atoms with van der Waals surface area (Å²) in [6.07, 6.45) is 3.13. The highest BCUT2D eigenvalue weighted by Crippen LogP contribution is 2.27. The molecule has 1 aliphatic rings. The van der Waals surface area contributed by atoms with Crippen molar-refractivity contribution in [1.29, 1.82) is 0 Å². The number of esters is 1. The van der Waals surface area contributed by atoms with Crippen molar-refractivity contribution in [2.45, 2.75) is 37.2 Å². The van der Waals surface area contributed by atoms with Crippen molar-refractivity contribution >= 4 is 23.6 Å². The minimum atomic E-state index is -0.477. The molecule has 1 saturated heterocycles. The Morgan fingerprint density at radius 2 is 1.97 bits per heavy atom. The largest absolute Gasteiger partial charge is 0.452 e. The molecule has 0 aliphatic carbocycles. The van der Waals surface area contributed by atoms with Crippen LogP contribution in [0.5, 0.6) is 0 Å². The van der Waals surface area contributed by atoms with Crippen LogP contribution in [0.3, 0.4) is 0 Å². The second-order valence-corrected chi connectivity index (χ2v) is 8.11. The summed E-state index contributed by atoms with van der Waals surface area (Å²) in [5.74, 6) is 0.0369. The van der Waals surface area contributed by atoms with Gasteiger partial charge in [0.1, 0.15) is 0 Å². The summed E-state index contributed by atoms with van der Waals surface area (Å²) in [6.45, 7) is 3.09. The van der Waals surface area contributed by atoms with Crippen molar-refractivity contribution in [1.82, 2.24) is 5.32 Å². The summed E-state index contributed by atoms with van der Waals surface area (Å²) in [7, 11) is 0. The van der Waals surface area contributed by atoms with E-state index in [1.54, 1.807) is 23.9 Å². The number of benzene rings is 2. The highest BCUT2D eigenvalue weighted by molar-refractivity contribution is 7.99. The number of thioether (sulfide) groups is 1. The number of amides is 1. The topological polar surface area (TPSA) is 64.6 Å². The van der Waals surface area contributed by atoms with Gasteiger partial charge in [-0.15, -0.1) is 11.8 Å². The molecule has 1 amide bonds. The maximum Gasteiger partial charge on any atom is 0.339 e. The Balaban J connectivity index is 1.43. The zero-order valence-electron chi connectivity index (χ0n) is 16.7. The quantitative estimate of drug-likeness (QED) is 0.501. The molecule has 1 fully saturated rings. The highest BCUT2D eigenvalue weighted by Gasteiger charge is 2.19. The standard InChI is InChI=1S/C23H27NO4S/c1-17-7-2-3-8-18(17)12-13-24-22(25)15-28-23(26)20-10-4-5-11-21(20)29-16-19-9-6-14-27-19/h2-5,7-8,10-11,19H,6,9,12-16H2,1H3,(H,24,25)/t19-/m0/s1. The molecule has 29 heavy (non-hydrogen) atoms. The number of nitrogens with one attached hydrogen (secondary N) is 1. The minimum absolute atomic E-state index is 0.239. The van der Waals surface area contributed by atoms with Crippen LogP contribution in [0.1, 0.15) is 34.3 Å². The highest BCUT2D eigenvalue weighted by atomic mass is 32.2. The molecule has 2 aromatic carbocycles. The third-order valence-corrected chi connectivity index (χ3v) is 6.07. The van der Waals surface area contributed by atoms with Crippen molar-refractivity contribution in [3.05, 3.63) is 65.2 Å². The first-order chi connectivity index (χ1) is 14.1. The van der Waals surface area contributed by atoms with Crippen LogP contribution in [0.4, 0.5) is 0 Å². The molecule has 0 bridgehead atoms.